The van der Waals surface area contributed by atoms with Crippen LogP contribution < -0.4 is 16.0 Å². The van der Waals surface area contributed by atoms with Gasteiger partial charge in [-0.25, -0.2) is 9.78 Å². The molecule has 2 aromatic carbocycles. The van der Waals surface area contributed by atoms with Gasteiger partial charge in [0.05, 0.1) is 29.3 Å². The lowest BCUT2D eigenvalue weighted by Crippen LogP contribution is -2.34. The summed E-state index contributed by atoms with van der Waals surface area (Å²) in [4.78, 5) is 41.9. The molecule has 0 spiro atoms. The van der Waals surface area contributed by atoms with E-state index in [1.807, 2.05) is 36.4 Å². The zero-order valence-corrected chi connectivity index (χ0v) is 20.5. The molecule has 1 aliphatic carbocycles. The summed E-state index contributed by atoms with van der Waals surface area (Å²) >= 11 is 1.41. The summed E-state index contributed by atoms with van der Waals surface area (Å²) in [5.41, 5.74) is 2.07. The van der Waals surface area contributed by atoms with Gasteiger partial charge in [-0.2, -0.15) is 0 Å². The number of esters is 1. The predicted octanol–water partition coefficient (Wildman–Crippen LogP) is 5.63. The van der Waals surface area contributed by atoms with Crippen molar-refractivity contribution in [2.24, 2.45) is 5.92 Å². The highest BCUT2D eigenvalue weighted by atomic mass is 32.1. The fraction of sp³-hybridized carbons (Fsp3) is 0.385. The Bertz CT molecular complexity index is 1170. The molecule has 0 radical (unpaired) electrons. The fourth-order valence-corrected chi connectivity index (χ4v) is 5.13. The SMILES string of the molecule is CCOC(=O)C[C@@H](NC(=O)Nc1ccc2sc(NC(=O)C3CCCCC3)nc2c1)c1ccccc1. The van der Waals surface area contributed by atoms with Crippen LogP contribution in [-0.2, 0) is 14.3 Å². The topological polar surface area (TPSA) is 109 Å². The maximum atomic E-state index is 12.7. The molecule has 1 aliphatic rings. The molecular formula is C26H30N4O4S. The summed E-state index contributed by atoms with van der Waals surface area (Å²) in [6.45, 7) is 2.03. The van der Waals surface area contributed by atoms with Crippen molar-refractivity contribution in [1.29, 1.82) is 0 Å². The van der Waals surface area contributed by atoms with Gasteiger partial charge in [-0.1, -0.05) is 60.9 Å². The van der Waals surface area contributed by atoms with E-state index in [0.717, 1.165) is 35.9 Å². The van der Waals surface area contributed by atoms with Crippen molar-refractivity contribution in [2.75, 3.05) is 17.2 Å². The molecule has 0 aliphatic heterocycles. The first-order valence-corrected chi connectivity index (χ1v) is 12.8. The maximum Gasteiger partial charge on any atom is 0.319 e. The van der Waals surface area contributed by atoms with E-state index in [-0.39, 0.29) is 30.8 Å². The van der Waals surface area contributed by atoms with Gasteiger partial charge in [-0.05, 0) is 43.5 Å². The Morgan fingerprint density at radius 2 is 1.83 bits per heavy atom. The number of hydrogen-bond acceptors (Lipinski definition) is 6. The number of aromatic nitrogens is 1. The molecule has 3 amide bonds. The van der Waals surface area contributed by atoms with Gasteiger partial charge in [0.1, 0.15) is 0 Å². The van der Waals surface area contributed by atoms with Gasteiger partial charge < -0.3 is 20.7 Å². The van der Waals surface area contributed by atoms with Crippen LogP contribution in [-0.4, -0.2) is 29.5 Å². The summed E-state index contributed by atoms with van der Waals surface area (Å²) in [6.07, 6.45) is 5.28. The van der Waals surface area contributed by atoms with Crippen LogP contribution in [0.5, 0.6) is 0 Å². The van der Waals surface area contributed by atoms with E-state index in [1.165, 1.54) is 17.8 Å². The van der Waals surface area contributed by atoms with Crippen LogP contribution in [0.3, 0.4) is 0 Å². The first kappa shape index (κ1) is 24.7. The number of amides is 3. The number of urea groups is 1. The predicted molar refractivity (Wildman–Crippen MR) is 137 cm³/mol. The number of benzene rings is 2. The van der Waals surface area contributed by atoms with Gasteiger partial charge in [-0.3, -0.25) is 9.59 Å². The minimum absolute atomic E-state index is 0.0282. The Morgan fingerprint density at radius 3 is 2.57 bits per heavy atom. The number of carbonyl (C=O) groups is 3. The standard InChI is InChI=1S/C26H30N4O4S/c1-2-34-23(31)16-20(17-9-5-3-6-10-17)28-25(33)27-19-13-14-22-21(15-19)29-26(35-22)30-24(32)18-11-7-4-8-12-18/h3,5-6,9-10,13-15,18,20H,2,4,7-8,11-12,16H2,1H3,(H2,27,28,33)(H,29,30,32)/t20-/m1/s1. The number of carbonyl (C=O) groups excluding carboxylic acids is 3. The zero-order chi connectivity index (χ0) is 24.6. The van der Waals surface area contributed by atoms with Gasteiger partial charge in [-0.15, -0.1) is 0 Å². The third-order valence-corrected chi connectivity index (χ3v) is 6.99. The molecule has 184 valence electrons. The molecule has 0 saturated heterocycles. The normalized spacial score (nSPS) is 14.8. The molecule has 1 fully saturated rings. The Morgan fingerprint density at radius 1 is 1.06 bits per heavy atom. The Hall–Kier alpha value is -3.46. The summed E-state index contributed by atoms with van der Waals surface area (Å²) in [5, 5.41) is 9.20. The molecule has 1 atom stereocenters. The van der Waals surface area contributed by atoms with E-state index in [2.05, 4.69) is 20.9 Å². The summed E-state index contributed by atoms with van der Waals surface area (Å²) in [7, 11) is 0. The molecule has 0 bridgehead atoms. The molecular weight excluding hydrogens is 464 g/mol. The smallest absolute Gasteiger partial charge is 0.319 e. The highest BCUT2D eigenvalue weighted by molar-refractivity contribution is 7.22. The van der Waals surface area contributed by atoms with Gasteiger partial charge in [0.15, 0.2) is 5.13 Å². The van der Waals surface area contributed by atoms with E-state index in [1.54, 1.807) is 19.1 Å². The lowest BCUT2D eigenvalue weighted by Gasteiger charge is -2.19. The number of ether oxygens (including phenoxy) is 1. The average molecular weight is 495 g/mol. The molecule has 4 rings (SSSR count). The lowest BCUT2D eigenvalue weighted by atomic mass is 9.89. The van der Waals surface area contributed by atoms with Crippen LogP contribution in [0, 0.1) is 5.92 Å². The minimum atomic E-state index is -0.528. The molecule has 1 heterocycles. The van der Waals surface area contributed by atoms with E-state index in [0.29, 0.717) is 16.3 Å². The van der Waals surface area contributed by atoms with Crippen molar-refractivity contribution in [2.45, 2.75) is 51.5 Å². The van der Waals surface area contributed by atoms with Crippen molar-refractivity contribution in [3.8, 4) is 0 Å². The number of anilines is 2. The van der Waals surface area contributed by atoms with Gasteiger partial charge in [0.2, 0.25) is 5.91 Å². The second-order valence-corrected chi connectivity index (χ2v) is 9.63. The molecule has 9 heteroatoms. The monoisotopic (exact) mass is 494 g/mol. The fourth-order valence-electron chi connectivity index (χ4n) is 4.28. The molecule has 0 unspecified atom stereocenters. The quantitative estimate of drug-likeness (QED) is 0.352. The number of nitrogens with zero attached hydrogens (tertiary/aromatic N) is 1. The first-order chi connectivity index (χ1) is 17.0. The Labute approximate surface area is 208 Å². The highest BCUT2D eigenvalue weighted by Gasteiger charge is 2.22. The van der Waals surface area contributed by atoms with Crippen LogP contribution in [0.25, 0.3) is 10.2 Å². The third-order valence-electron chi connectivity index (χ3n) is 6.03. The van der Waals surface area contributed by atoms with Crippen molar-refractivity contribution in [3.63, 3.8) is 0 Å². The molecule has 35 heavy (non-hydrogen) atoms. The van der Waals surface area contributed by atoms with Crippen molar-refractivity contribution in [3.05, 3.63) is 54.1 Å². The van der Waals surface area contributed by atoms with Crippen LogP contribution >= 0.6 is 11.3 Å². The maximum absolute atomic E-state index is 12.7. The average Bonchev–Trinajstić information content (AvgIpc) is 3.26. The molecule has 1 aromatic heterocycles. The van der Waals surface area contributed by atoms with Crippen LogP contribution in [0.2, 0.25) is 0 Å². The second-order valence-electron chi connectivity index (χ2n) is 8.60. The first-order valence-electron chi connectivity index (χ1n) is 12.0. The number of thiazole rings is 1. The summed E-state index contributed by atoms with van der Waals surface area (Å²) in [5.74, 6) is -0.285. The van der Waals surface area contributed by atoms with Crippen LogP contribution in [0.4, 0.5) is 15.6 Å². The number of rotatable bonds is 8. The molecule has 1 saturated carbocycles. The number of fused-ring (bicyclic) bond motifs is 1. The minimum Gasteiger partial charge on any atom is -0.466 e. The Balaban J connectivity index is 1.40. The van der Waals surface area contributed by atoms with E-state index in [9.17, 15) is 14.4 Å². The Kier molecular flexibility index (Phi) is 8.31. The second kappa shape index (κ2) is 11.8. The van der Waals surface area contributed by atoms with Gasteiger partial charge in [0.25, 0.3) is 0 Å². The van der Waals surface area contributed by atoms with Gasteiger partial charge >= 0.3 is 12.0 Å². The van der Waals surface area contributed by atoms with Crippen molar-refractivity contribution < 1.29 is 19.1 Å². The summed E-state index contributed by atoms with van der Waals surface area (Å²) in [6, 6.07) is 13.8. The largest absolute Gasteiger partial charge is 0.466 e. The van der Waals surface area contributed by atoms with E-state index in [4.69, 9.17) is 4.74 Å². The zero-order valence-electron chi connectivity index (χ0n) is 19.7. The van der Waals surface area contributed by atoms with Crippen molar-refractivity contribution in [1.82, 2.24) is 10.3 Å². The number of nitrogens with one attached hydrogen (secondary N) is 3. The highest BCUT2D eigenvalue weighted by Crippen LogP contribution is 2.30. The molecule has 3 aromatic rings. The molecule has 3 N–H and O–H groups in total. The van der Waals surface area contributed by atoms with Crippen LogP contribution in [0.15, 0.2) is 48.5 Å². The van der Waals surface area contributed by atoms with Crippen LogP contribution in [0.1, 0.15) is 57.1 Å². The van der Waals surface area contributed by atoms with Gasteiger partial charge in [0, 0.05) is 11.6 Å². The number of hydrogen-bond donors (Lipinski definition) is 3. The van der Waals surface area contributed by atoms with E-state index < -0.39 is 12.1 Å². The summed E-state index contributed by atoms with van der Waals surface area (Å²) < 4.78 is 5.98. The van der Waals surface area contributed by atoms with E-state index >= 15 is 0 Å². The molecule has 8 nitrogen and oxygen atoms in total. The third kappa shape index (κ3) is 6.79. The van der Waals surface area contributed by atoms with Crippen molar-refractivity contribution >= 4 is 50.3 Å². The lowest BCUT2D eigenvalue weighted by molar-refractivity contribution is -0.143.